The Balaban J connectivity index is 1.61. The molecule has 9 nitrogen and oxygen atoms in total. The topological polar surface area (TPSA) is 98.2 Å². The number of hydrogen-bond acceptors (Lipinski definition) is 7. The van der Waals surface area contributed by atoms with Gasteiger partial charge in [0.1, 0.15) is 5.75 Å². The molecular formula is C21H28N6O3. The number of fused-ring (bicyclic) bond motifs is 1. The van der Waals surface area contributed by atoms with Crippen molar-refractivity contribution >= 4 is 10.9 Å². The van der Waals surface area contributed by atoms with Crippen molar-refractivity contribution in [1.82, 2.24) is 30.1 Å². The first kappa shape index (κ1) is 20.5. The van der Waals surface area contributed by atoms with Crippen LogP contribution in [0.4, 0.5) is 0 Å². The van der Waals surface area contributed by atoms with Gasteiger partial charge in [-0.1, -0.05) is 12.8 Å². The Labute approximate surface area is 175 Å². The second-order valence-corrected chi connectivity index (χ2v) is 7.73. The Morgan fingerprint density at radius 3 is 2.80 bits per heavy atom. The van der Waals surface area contributed by atoms with Crippen molar-refractivity contribution in [2.75, 3.05) is 20.8 Å². The number of tetrazole rings is 1. The molecule has 2 aromatic heterocycles. The first-order valence-corrected chi connectivity index (χ1v) is 10.4. The van der Waals surface area contributed by atoms with Gasteiger partial charge in [0.05, 0.1) is 26.8 Å². The summed E-state index contributed by atoms with van der Waals surface area (Å²) in [6.45, 7) is 2.29. The van der Waals surface area contributed by atoms with Gasteiger partial charge in [-0.2, -0.15) is 0 Å². The molecule has 0 aliphatic heterocycles. The van der Waals surface area contributed by atoms with E-state index in [9.17, 15) is 4.79 Å². The van der Waals surface area contributed by atoms with Gasteiger partial charge < -0.3 is 14.5 Å². The molecule has 0 unspecified atom stereocenters. The van der Waals surface area contributed by atoms with Gasteiger partial charge in [-0.05, 0) is 47.5 Å². The maximum absolute atomic E-state index is 12.8. The van der Waals surface area contributed by atoms with E-state index in [1.165, 1.54) is 12.8 Å². The Kier molecular flexibility index (Phi) is 6.39. The van der Waals surface area contributed by atoms with E-state index in [0.29, 0.717) is 32.3 Å². The molecule has 1 fully saturated rings. The zero-order valence-corrected chi connectivity index (χ0v) is 17.5. The van der Waals surface area contributed by atoms with Gasteiger partial charge in [-0.3, -0.25) is 9.69 Å². The molecule has 0 saturated heterocycles. The van der Waals surface area contributed by atoms with Gasteiger partial charge in [-0.25, -0.2) is 4.68 Å². The van der Waals surface area contributed by atoms with E-state index in [-0.39, 0.29) is 5.56 Å². The van der Waals surface area contributed by atoms with E-state index in [2.05, 4.69) is 25.4 Å². The highest BCUT2D eigenvalue weighted by molar-refractivity contribution is 5.80. The quantitative estimate of drug-likeness (QED) is 0.575. The molecule has 0 spiro atoms. The fourth-order valence-corrected chi connectivity index (χ4v) is 4.15. The molecule has 1 saturated carbocycles. The predicted molar refractivity (Wildman–Crippen MR) is 112 cm³/mol. The molecule has 0 amide bonds. The molecule has 1 aliphatic rings. The lowest BCUT2D eigenvalue weighted by Gasteiger charge is -2.28. The van der Waals surface area contributed by atoms with E-state index >= 15 is 0 Å². The molecule has 4 rings (SSSR count). The summed E-state index contributed by atoms with van der Waals surface area (Å²) in [5.74, 6) is 1.56. The molecule has 2 heterocycles. The number of nitrogens with zero attached hydrogens (tertiary/aromatic N) is 5. The molecule has 1 N–H and O–H groups in total. The third kappa shape index (κ3) is 4.52. The number of aromatic nitrogens is 5. The highest BCUT2D eigenvalue weighted by Crippen LogP contribution is 2.26. The monoisotopic (exact) mass is 412 g/mol. The lowest BCUT2D eigenvalue weighted by atomic mass is 10.1. The summed E-state index contributed by atoms with van der Waals surface area (Å²) in [6.07, 6.45) is 4.67. The second-order valence-electron chi connectivity index (χ2n) is 7.73. The van der Waals surface area contributed by atoms with Crippen molar-refractivity contribution in [1.29, 1.82) is 0 Å². The third-order valence-corrected chi connectivity index (χ3v) is 5.80. The van der Waals surface area contributed by atoms with Gasteiger partial charge in [0.2, 0.25) is 0 Å². The van der Waals surface area contributed by atoms with Gasteiger partial charge in [0, 0.05) is 36.2 Å². The summed E-state index contributed by atoms with van der Waals surface area (Å²) >= 11 is 0. The summed E-state index contributed by atoms with van der Waals surface area (Å²) in [4.78, 5) is 18.1. The van der Waals surface area contributed by atoms with E-state index in [0.717, 1.165) is 40.9 Å². The minimum absolute atomic E-state index is 0.0605. The zero-order valence-electron chi connectivity index (χ0n) is 17.5. The Morgan fingerprint density at radius 2 is 2.03 bits per heavy atom. The van der Waals surface area contributed by atoms with Crippen LogP contribution in [0.2, 0.25) is 0 Å². The van der Waals surface area contributed by atoms with Crippen LogP contribution in [0.25, 0.3) is 10.9 Å². The largest absolute Gasteiger partial charge is 0.497 e. The molecule has 9 heteroatoms. The van der Waals surface area contributed by atoms with Gasteiger partial charge in [0.25, 0.3) is 5.56 Å². The maximum atomic E-state index is 12.8. The minimum Gasteiger partial charge on any atom is -0.497 e. The fraction of sp³-hybridized carbons (Fsp3) is 0.524. The highest BCUT2D eigenvalue weighted by Gasteiger charge is 2.25. The van der Waals surface area contributed by atoms with E-state index in [1.807, 2.05) is 24.3 Å². The normalized spacial score (nSPS) is 14.8. The number of nitrogens with one attached hydrogen (secondary N) is 1. The van der Waals surface area contributed by atoms with Gasteiger partial charge in [0.15, 0.2) is 5.82 Å². The number of aromatic amines is 1. The van der Waals surface area contributed by atoms with Crippen LogP contribution < -0.4 is 10.3 Å². The van der Waals surface area contributed by atoms with Crippen molar-refractivity contribution < 1.29 is 9.47 Å². The summed E-state index contributed by atoms with van der Waals surface area (Å²) in [7, 11) is 3.30. The first-order valence-electron chi connectivity index (χ1n) is 10.4. The lowest BCUT2D eigenvalue weighted by Crippen LogP contribution is -2.35. The summed E-state index contributed by atoms with van der Waals surface area (Å²) < 4.78 is 12.3. The van der Waals surface area contributed by atoms with Crippen LogP contribution in [0.3, 0.4) is 0 Å². The SMILES string of the molecule is COCCn1nnnc1CN(Cc1cc2cc(OC)ccc2[nH]c1=O)C1CCCC1. The van der Waals surface area contributed by atoms with Crippen LogP contribution in [-0.2, 0) is 24.4 Å². The average molecular weight is 412 g/mol. The smallest absolute Gasteiger partial charge is 0.252 e. The van der Waals surface area contributed by atoms with E-state index in [1.54, 1.807) is 18.9 Å². The van der Waals surface area contributed by atoms with Crippen LogP contribution in [-0.4, -0.2) is 57.0 Å². The molecule has 1 aliphatic carbocycles. The van der Waals surface area contributed by atoms with Crippen molar-refractivity contribution in [3.05, 3.63) is 46.0 Å². The Bertz CT molecular complexity index is 1040. The predicted octanol–water partition coefficient (Wildman–Crippen LogP) is 2.11. The average Bonchev–Trinajstić information content (AvgIpc) is 3.44. The number of hydrogen-bond donors (Lipinski definition) is 1. The van der Waals surface area contributed by atoms with Gasteiger partial charge >= 0.3 is 0 Å². The molecule has 160 valence electrons. The zero-order chi connectivity index (χ0) is 20.9. The summed E-state index contributed by atoms with van der Waals surface area (Å²) in [5, 5.41) is 13.1. The van der Waals surface area contributed by atoms with E-state index < -0.39 is 0 Å². The minimum atomic E-state index is -0.0605. The highest BCUT2D eigenvalue weighted by atomic mass is 16.5. The van der Waals surface area contributed by atoms with Crippen LogP contribution in [0.1, 0.15) is 37.1 Å². The van der Waals surface area contributed by atoms with Crippen molar-refractivity contribution in [3.8, 4) is 5.75 Å². The third-order valence-electron chi connectivity index (χ3n) is 5.80. The van der Waals surface area contributed by atoms with Crippen LogP contribution in [0, 0.1) is 0 Å². The number of methoxy groups -OCH3 is 2. The maximum Gasteiger partial charge on any atom is 0.252 e. The second kappa shape index (κ2) is 9.36. The molecular weight excluding hydrogens is 384 g/mol. The summed E-state index contributed by atoms with van der Waals surface area (Å²) in [5.41, 5.74) is 1.48. The molecule has 0 radical (unpaired) electrons. The molecule has 0 atom stereocenters. The first-order chi connectivity index (χ1) is 14.7. The lowest BCUT2D eigenvalue weighted by molar-refractivity contribution is 0.162. The Hall–Kier alpha value is -2.78. The van der Waals surface area contributed by atoms with Crippen molar-refractivity contribution in [2.24, 2.45) is 0 Å². The van der Waals surface area contributed by atoms with E-state index in [4.69, 9.17) is 9.47 Å². The number of H-pyrrole nitrogens is 1. The summed E-state index contributed by atoms with van der Waals surface area (Å²) in [6, 6.07) is 8.05. The molecule has 3 aromatic rings. The van der Waals surface area contributed by atoms with Crippen LogP contribution >= 0.6 is 0 Å². The molecule has 30 heavy (non-hydrogen) atoms. The molecule has 0 bridgehead atoms. The van der Waals surface area contributed by atoms with Crippen LogP contribution in [0.5, 0.6) is 5.75 Å². The van der Waals surface area contributed by atoms with Crippen molar-refractivity contribution in [3.63, 3.8) is 0 Å². The van der Waals surface area contributed by atoms with Gasteiger partial charge in [-0.15, -0.1) is 5.10 Å². The van der Waals surface area contributed by atoms with Crippen molar-refractivity contribution in [2.45, 2.75) is 51.4 Å². The fourth-order valence-electron chi connectivity index (χ4n) is 4.15. The number of rotatable bonds is 9. The number of pyridine rings is 1. The number of benzene rings is 1. The standard InChI is InChI=1S/C21H28N6O3/c1-29-10-9-27-20(23-24-25-27)14-26(17-5-3-4-6-17)13-16-11-15-12-18(30-2)7-8-19(15)22-21(16)28/h7-8,11-12,17H,3-6,9-10,13-14H2,1-2H3,(H,22,28). The van der Waals surface area contributed by atoms with Crippen LogP contribution in [0.15, 0.2) is 29.1 Å². The Morgan fingerprint density at radius 1 is 1.20 bits per heavy atom. The number of ether oxygens (including phenoxy) is 2. The molecule has 1 aromatic carbocycles.